The van der Waals surface area contributed by atoms with Gasteiger partial charge in [-0.05, 0) is 24.3 Å². The van der Waals surface area contributed by atoms with Crippen LogP contribution in [0.5, 0.6) is 0 Å². The van der Waals surface area contributed by atoms with Crippen LogP contribution in [0.1, 0.15) is 37.1 Å². The summed E-state index contributed by atoms with van der Waals surface area (Å²) in [5.41, 5.74) is 0. The van der Waals surface area contributed by atoms with Gasteiger partial charge in [0.25, 0.3) is 0 Å². The lowest BCUT2D eigenvalue weighted by Crippen LogP contribution is -2.30. The van der Waals surface area contributed by atoms with Crippen LogP contribution in [0, 0.1) is 0 Å². The van der Waals surface area contributed by atoms with Gasteiger partial charge in [0.05, 0.1) is 11.8 Å². The molecule has 1 unspecified atom stereocenters. The van der Waals surface area contributed by atoms with Crippen molar-refractivity contribution in [3.8, 4) is 0 Å². The van der Waals surface area contributed by atoms with Crippen molar-refractivity contribution >= 4 is 21.4 Å². The Hall–Kier alpha value is -0.430. The summed E-state index contributed by atoms with van der Waals surface area (Å²) in [6.07, 6.45) is 1.99. The third-order valence-corrected chi connectivity index (χ3v) is 4.81. The van der Waals surface area contributed by atoms with E-state index >= 15 is 0 Å². The Labute approximate surface area is 107 Å². The van der Waals surface area contributed by atoms with Crippen molar-refractivity contribution < 1.29 is 13.5 Å². The van der Waals surface area contributed by atoms with Gasteiger partial charge in [-0.15, -0.1) is 11.3 Å². The maximum absolute atomic E-state index is 11.8. The molecule has 0 bridgehead atoms. The number of nitrogens with one attached hydrogen (secondary N) is 1. The molecule has 1 heterocycles. The molecule has 0 aliphatic rings. The van der Waals surface area contributed by atoms with E-state index in [2.05, 4.69) is 4.72 Å². The number of hydrogen-bond donors (Lipinski definition) is 2. The molecule has 0 amide bonds. The fraction of sp³-hybridized carbons (Fsp3) is 0.636. The second-order valence-corrected chi connectivity index (χ2v) is 6.72. The second-order valence-electron chi connectivity index (χ2n) is 3.87. The molecule has 0 fully saturated rings. The quantitative estimate of drug-likeness (QED) is 0.762. The summed E-state index contributed by atoms with van der Waals surface area (Å²) >= 11 is 1.56. The number of hydrogen-bond acceptors (Lipinski definition) is 4. The van der Waals surface area contributed by atoms with E-state index in [9.17, 15) is 8.42 Å². The zero-order chi connectivity index (χ0) is 12.7. The highest BCUT2D eigenvalue weighted by Gasteiger charge is 2.19. The SMILES string of the molecule is CCCC(NS(=O)(=O)CCCO)c1cccs1. The summed E-state index contributed by atoms with van der Waals surface area (Å²) in [7, 11) is -3.29. The highest BCUT2D eigenvalue weighted by Crippen LogP contribution is 2.24. The summed E-state index contributed by atoms with van der Waals surface area (Å²) in [5.74, 6) is -0.0188. The van der Waals surface area contributed by atoms with Gasteiger partial charge < -0.3 is 5.11 Å². The largest absolute Gasteiger partial charge is 0.396 e. The molecule has 0 aliphatic heterocycles. The van der Waals surface area contributed by atoms with E-state index in [4.69, 9.17) is 5.11 Å². The zero-order valence-corrected chi connectivity index (χ0v) is 11.6. The summed E-state index contributed by atoms with van der Waals surface area (Å²) in [6.45, 7) is 1.93. The van der Waals surface area contributed by atoms with Gasteiger partial charge >= 0.3 is 0 Å². The maximum Gasteiger partial charge on any atom is 0.212 e. The molecule has 1 atom stereocenters. The lowest BCUT2D eigenvalue weighted by molar-refractivity contribution is 0.295. The minimum Gasteiger partial charge on any atom is -0.396 e. The molecule has 1 aromatic rings. The van der Waals surface area contributed by atoms with Crippen molar-refractivity contribution in [2.45, 2.75) is 32.2 Å². The number of rotatable bonds is 8. The molecule has 0 saturated heterocycles. The minimum atomic E-state index is -3.29. The van der Waals surface area contributed by atoms with Gasteiger partial charge in [0, 0.05) is 11.5 Å². The standard InChI is InChI=1S/C11H19NO3S2/c1-2-5-10(11-6-3-8-16-11)12-17(14,15)9-4-7-13/h3,6,8,10,12-13H,2,4-5,7,9H2,1H3. The summed E-state index contributed by atoms with van der Waals surface area (Å²) in [4.78, 5) is 1.04. The Kier molecular flexibility index (Phi) is 6.11. The van der Waals surface area contributed by atoms with Gasteiger partial charge in [0.2, 0.25) is 10.0 Å². The summed E-state index contributed by atoms with van der Waals surface area (Å²) in [6, 6.07) is 3.73. The Bertz CT molecular complexity index is 400. The van der Waals surface area contributed by atoms with Gasteiger partial charge in [-0.2, -0.15) is 0 Å². The minimum absolute atomic E-state index is 0.0188. The smallest absolute Gasteiger partial charge is 0.212 e. The van der Waals surface area contributed by atoms with E-state index in [1.54, 1.807) is 11.3 Å². The number of sulfonamides is 1. The predicted octanol–water partition coefficient (Wildman–Crippen LogP) is 1.89. The maximum atomic E-state index is 11.8. The molecule has 1 rings (SSSR count). The van der Waals surface area contributed by atoms with Crippen molar-refractivity contribution in [3.05, 3.63) is 22.4 Å². The molecule has 0 saturated carbocycles. The average Bonchev–Trinajstić information content (AvgIpc) is 2.79. The monoisotopic (exact) mass is 277 g/mol. The predicted molar refractivity (Wildman–Crippen MR) is 70.6 cm³/mol. The summed E-state index contributed by atoms with van der Waals surface area (Å²) in [5, 5.41) is 10.6. The molecule has 0 aliphatic carbocycles. The molecule has 4 nitrogen and oxygen atoms in total. The summed E-state index contributed by atoms with van der Waals surface area (Å²) < 4.78 is 26.2. The molecule has 0 spiro atoms. The molecule has 6 heteroatoms. The Balaban J connectivity index is 2.67. The van der Waals surface area contributed by atoms with E-state index < -0.39 is 10.0 Å². The van der Waals surface area contributed by atoms with Crippen molar-refractivity contribution in [1.29, 1.82) is 0 Å². The number of aliphatic hydroxyl groups excluding tert-OH is 1. The van der Waals surface area contributed by atoms with Crippen molar-refractivity contribution in [2.75, 3.05) is 12.4 Å². The fourth-order valence-corrected chi connectivity index (χ4v) is 3.76. The van der Waals surface area contributed by atoms with Crippen LogP contribution in [0.4, 0.5) is 0 Å². The van der Waals surface area contributed by atoms with Crippen molar-refractivity contribution in [3.63, 3.8) is 0 Å². The van der Waals surface area contributed by atoms with Crippen LogP contribution in [0.15, 0.2) is 17.5 Å². The molecule has 0 aromatic carbocycles. The van der Waals surface area contributed by atoms with E-state index in [1.165, 1.54) is 0 Å². The molecular formula is C11H19NO3S2. The Morgan fingerprint density at radius 3 is 2.82 bits per heavy atom. The van der Waals surface area contributed by atoms with Gasteiger partial charge in [-0.1, -0.05) is 19.4 Å². The van der Waals surface area contributed by atoms with Crippen LogP contribution in [0.2, 0.25) is 0 Å². The third kappa shape index (κ3) is 5.16. The van der Waals surface area contributed by atoms with E-state index in [0.717, 1.165) is 17.7 Å². The van der Waals surface area contributed by atoms with Crippen LogP contribution in [0.25, 0.3) is 0 Å². The van der Waals surface area contributed by atoms with Gasteiger partial charge in [-0.25, -0.2) is 13.1 Å². The second kappa shape index (κ2) is 7.10. The van der Waals surface area contributed by atoms with Crippen LogP contribution in [0.3, 0.4) is 0 Å². The van der Waals surface area contributed by atoms with E-state index in [1.807, 2.05) is 24.4 Å². The Morgan fingerprint density at radius 1 is 1.53 bits per heavy atom. The first-order chi connectivity index (χ1) is 8.09. The van der Waals surface area contributed by atoms with Gasteiger partial charge in [-0.3, -0.25) is 0 Å². The zero-order valence-electron chi connectivity index (χ0n) is 9.93. The normalized spacial score (nSPS) is 13.8. The number of aliphatic hydroxyl groups is 1. The lowest BCUT2D eigenvalue weighted by Gasteiger charge is -2.16. The molecule has 17 heavy (non-hydrogen) atoms. The molecule has 98 valence electrons. The van der Waals surface area contributed by atoms with Crippen LogP contribution in [-0.2, 0) is 10.0 Å². The highest BCUT2D eigenvalue weighted by atomic mass is 32.2. The van der Waals surface area contributed by atoms with Crippen LogP contribution in [-0.4, -0.2) is 25.9 Å². The first-order valence-electron chi connectivity index (χ1n) is 5.73. The molecule has 1 aromatic heterocycles. The highest BCUT2D eigenvalue weighted by molar-refractivity contribution is 7.89. The Morgan fingerprint density at radius 2 is 2.29 bits per heavy atom. The average molecular weight is 277 g/mol. The lowest BCUT2D eigenvalue weighted by atomic mass is 10.1. The van der Waals surface area contributed by atoms with Crippen molar-refractivity contribution in [2.24, 2.45) is 0 Å². The molecule has 0 radical (unpaired) electrons. The molecule has 2 N–H and O–H groups in total. The van der Waals surface area contributed by atoms with Gasteiger partial charge in [0.15, 0.2) is 0 Å². The fourth-order valence-electron chi connectivity index (χ4n) is 1.57. The number of thiophene rings is 1. The topological polar surface area (TPSA) is 66.4 Å². The first kappa shape index (κ1) is 14.6. The van der Waals surface area contributed by atoms with Crippen LogP contribution < -0.4 is 4.72 Å². The van der Waals surface area contributed by atoms with Crippen LogP contribution >= 0.6 is 11.3 Å². The molecular weight excluding hydrogens is 258 g/mol. The van der Waals surface area contributed by atoms with Gasteiger partial charge in [0.1, 0.15) is 0 Å². The first-order valence-corrected chi connectivity index (χ1v) is 8.26. The van der Waals surface area contributed by atoms with E-state index in [-0.39, 0.29) is 24.8 Å². The van der Waals surface area contributed by atoms with Crippen molar-refractivity contribution in [1.82, 2.24) is 4.72 Å². The van der Waals surface area contributed by atoms with E-state index in [0.29, 0.717) is 0 Å². The third-order valence-electron chi connectivity index (χ3n) is 2.36.